The Hall–Kier alpha value is -1.70. The lowest BCUT2D eigenvalue weighted by molar-refractivity contribution is -0.137. The van der Waals surface area contributed by atoms with Gasteiger partial charge in [0.25, 0.3) is 0 Å². The second kappa shape index (κ2) is 4.20. The molecule has 0 spiro atoms. The van der Waals surface area contributed by atoms with Crippen molar-refractivity contribution in [3.63, 3.8) is 0 Å². The van der Waals surface area contributed by atoms with Gasteiger partial charge in [0.05, 0.1) is 11.1 Å². The van der Waals surface area contributed by atoms with Gasteiger partial charge in [-0.25, -0.2) is 0 Å². The molecule has 0 radical (unpaired) electrons. The Morgan fingerprint density at radius 1 is 1.28 bits per heavy atom. The standard InChI is InChI=1S/C10H6BrF3N2O2/c11-5-1-4(10(12,13)14)2-6(17)9(5)7-3-8(15)16-18-7/h1-3,17H,(H2,15,16). The van der Waals surface area contributed by atoms with Gasteiger partial charge in [-0.3, -0.25) is 0 Å². The van der Waals surface area contributed by atoms with Crippen molar-refractivity contribution in [2.75, 3.05) is 5.73 Å². The monoisotopic (exact) mass is 322 g/mol. The molecular formula is C10H6BrF3N2O2. The number of nitrogens with two attached hydrogens (primary N) is 1. The Morgan fingerprint density at radius 3 is 2.39 bits per heavy atom. The maximum atomic E-state index is 12.5. The molecule has 0 atom stereocenters. The zero-order chi connectivity index (χ0) is 13.5. The minimum Gasteiger partial charge on any atom is -0.507 e. The summed E-state index contributed by atoms with van der Waals surface area (Å²) in [5.41, 5.74) is 4.43. The van der Waals surface area contributed by atoms with E-state index >= 15 is 0 Å². The zero-order valence-corrected chi connectivity index (χ0v) is 10.2. The van der Waals surface area contributed by atoms with Crippen molar-refractivity contribution < 1.29 is 22.8 Å². The Bertz CT molecular complexity index is 572. The van der Waals surface area contributed by atoms with E-state index in [1.165, 1.54) is 6.07 Å². The van der Waals surface area contributed by atoms with E-state index in [0.717, 1.165) is 6.07 Å². The molecule has 8 heteroatoms. The highest BCUT2D eigenvalue weighted by Gasteiger charge is 2.32. The number of phenolic OH excluding ortho intramolecular Hbond substituents is 1. The summed E-state index contributed by atoms with van der Waals surface area (Å²) in [5.74, 6) is -0.436. The summed E-state index contributed by atoms with van der Waals surface area (Å²) in [6.45, 7) is 0. The molecule has 96 valence electrons. The van der Waals surface area contributed by atoms with E-state index in [4.69, 9.17) is 10.3 Å². The van der Waals surface area contributed by atoms with Crippen LogP contribution in [0.5, 0.6) is 5.75 Å². The molecule has 0 unspecified atom stereocenters. The first-order chi connectivity index (χ1) is 8.29. The van der Waals surface area contributed by atoms with Crippen molar-refractivity contribution in [3.8, 4) is 17.1 Å². The summed E-state index contributed by atoms with van der Waals surface area (Å²) >= 11 is 2.95. The molecule has 1 aromatic carbocycles. The number of phenols is 1. The number of anilines is 1. The van der Waals surface area contributed by atoms with Gasteiger partial charge in [-0.15, -0.1) is 0 Å². The molecule has 0 fully saturated rings. The van der Waals surface area contributed by atoms with Crippen LogP contribution in [0.1, 0.15) is 5.56 Å². The van der Waals surface area contributed by atoms with Gasteiger partial charge in [0, 0.05) is 10.5 Å². The third kappa shape index (κ3) is 2.28. The molecule has 0 aliphatic carbocycles. The summed E-state index contributed by atoms with van der Waals surface area (Å²) in [4.78, 5) is 0. The highest BCUT2D eigenvalue weighted by atomic mass is 79.9. The van der Waals surface area contributed by atoms with Gasteiger partial charge >= 0.3 is 6.18 Å². The maximum Gasteiger partial charge on any atom is 0.416 e. The van der Waals surface area contributed by atoms with Gasteiger partial charge in [0.2, 0.25) is 0 Å². The maximum absolute atomic E-state index is 12.5. The number of aromatic hydroxyl groups is 1. The van der Waals surface area contributed by atoms with E-state index < -0.39 is 17.5 Å². The Kier molecular flexibility index (Phi) is 2.97. The largest absolute Gasteiger partial charge is 0.507 e. The first kappa shape index (κ1) is 12.7. The fraction of sp³-hybridized carbons (Fsp3) is 0.100. The van der Waals surface area contributed by atoms with Crippen LogP contribution < -0.4 is 5.73 Å². The molecule has 1 aromatic heterocycles. The molecule has 3 N–H and O–H groups in total. The van der Waals surface area contributed by atoms with Crippen LogP contribution in [0.15, 0.2) is 27.2 Å². The number of nitrogens with zero attached hydrogens (tertiary/aromatic N) is 1. The number of nitrogen functional groups attached to an aromatic ring is 1. The van der Waals surface area contributed by atoms with Crippen LogP contribution in [0.3, 0.4) is 0 Å². The van der Waals surface area contributed by atoms with Crippen molar-refractivity contribution in [1.29, 1.82) is 0 Å². The molecule has 18 heavy (non-hydrogen) atoms. The SMILES string of the molecule is Nc1cc(-c2c(O)cc(C(F)(F)F)cc2Br)on1. The van der Waals surface area contributed by atoms with E-state index in [0.29, 0.717) is 6.07 Å². The molecule has 0 saturated carbocycles. The molecule has 0 aliphatic rings. The molecule has 1 heterocycles. The fourth-order valence-electron chi connectivity index (χ4n) is 1.41. The lowest BCUT2D eigenvalue weighted by atomic mass is 10.1. The molecule has 0 bridgehead atoms. The van der Waals surface area contributed by atoms with Crippen LogP contribution in [0, 0.1) is 0 Å². The Balaban J connectivity index is 2.58. The lowest BCUT2D eigenvalue weighted by Gasteiger charge is -2.10. The van der Waals surface area contributed by atoms with Crippen molar-refractivity contribution >= 4 is 21.7 Å². The van der Waals surface area contributed by atoms with E-state index in [9.17, 15) is 18.3 Å². The molecule has 0 amide bonds. The van der Waals surface area contributed by atoms with Gasteiger partial charge in [0.1, 0.15) is 5.75 Å². The summed E-state index contributed by atoms with van der Waals surface area (Å²) < 4.78 is 42.3. The Morgan fingerprint density at radius 2 is 1.94 bits per heavy atom. The number of alkyl halides is 3. The highest BCUT2D eigenvalue weighted by Crippen LogP contribution is 2.41. The first-order valence-corrected chi connectivity index (χ1v) is 5.40. The van der Waals surface area contributed by atoms with Gasteiger partial charge in [-0.2, -0.15) is 13.2 Å². The van der Waals surface area contributed by atoms with E-state index in [1.807, 2.05) is 0 Å². The van der Waals surface area contributed by atoms with Gasteiger partial charge in [-0.05, 0) is 28.1 Å². The quantitative estimate of drug-likeness (QED) is 0.843. The summed E-state index contributed by atoms with van der Waals surface area (Å²) in [6.07, 6.45) is -4.54. The van der Waals surface area contributed by atoms with Crippen LogP contribution >= 0.6 is 15.9 Å². The minimum atomic E-state index is -4.54. The number of hydrogen-bond donors (Lipinski definition) is 2. The van der Waals surface area contributed by atoms with Crippen LogP contribution in [-0.4, -0.2) is 10.3 Å². The van der Waals surface area contributed by atoms with Crippen LogP contribution in [0.25, 0.3) is 11.3 Å². The van der Waals surface area contributed by atoms with Gasteiger partial charge < -0.3 is 15.4 Å². The molecule has 2 aromatic rings. The smallest absolute Gasteiger partial charge is 0.416 e. The number of rotatable bonds is 1. The van der Waals surface area contributed by atoms with E-state index in [1.54, 1.807) is 0 Å². The normalized spacial score (nSPS) is 11.8. The first-order valence-electron chi connectivity index (χ1n) is 4.61. The average molecular weight is 323 g/mol. The third-order valence-electron chi connectivity index (χ3n) is 2.17. The van der Waals surface area contributed by atoms with Crippen LogP contribution in [-0.2, 0) is 6.18 Å². The zero-order valence-electron chi connectivity index (χ0n) is 8.62. The second-order valence-corrected chi connectivity index (χ2v) is 4.32. The van der Waals surface area contributed by atoms with Crippen LogP contribution in [0.4, 0.5) is 19.0 Å². The minimum absolute atomic E-state index is 0.0333. The second-order valence-electron chi connectivity index (χ2n) is 3.47. The van der Waals surface area contributed by atoms with Crippen molar-refractivity contribution in [2.45, 2.75) is 6.18 Å². The average Bonchev–Trinajstić information content (AvgIpc) is 2.62. The molecule has 2 rings (SSSR count). The predicted octanol–water partition coefficient (Wildman–Crippen LogP) is 3.41. The molecular weight excluding hydrogens is 317 g/mol. The fourth-order valence-corrected chi connectivity index (χ4v) is 2.05. The Labute approximate surface area is 107 Å². The van der Waals surface area contributed by atoms with Crippen molar-refractivity contribution in [3.05, 3.63) is 28.2 Å². The van der Waals surface area contributed by atoms with Crippen LogP contribution in [0.2, 0.25) is 0 Å². The van der Waals surface area contributed by atoms with E-state index in [2.05, 4.69) is 21.1 Å². The number of halogens is 4. The van der Waals surface area contributed by atoms with Crippen molar-refractivity contribution in [1.82, 2.24) is 5.16 Å². The van der Waals surface area contributed by atoms with E-state index in [-0.39, 0.29) is 21.6 Å². The number of benzene rings is 1. The van der Waals surface area contributed by atoms with Crippen molar-refractivity contribution in [2.24, 2.45) is 0 Å². The summed E-state index contributed by atoms with van der Waals surface area (Å²) in [5, 5.41) is 13.0. The highest BCUT2D eigenvalue weighted by molar-refractivity contribution is 9.10. The van der Waals surface area contributed by atoms with Gasteiger partial charge in [0.15, 0.2) is 11.6 Å². The molecule has 0 aliphatic heterocycles. The molecule has 0 saturated heterocycles. The summed E-state index contributed by atoms with van der Waals surface area (Å²) in [7, 11) is 0. The lowest BCUT2D eigenvalue weighted by Crippen LogP contribution is -2.04. The molecule has 4 nitrogen and oxygen atoms in total. The number of aromatic nitrogens is 1. The van der Waals surface area contributed by atoms with Gasteiger partial charge in [-0.1, -0.05) is 5.16 Å². The number of hydrogen-bond acceptors (Lipinski definition) is 4. The predicted molar refractivity (Wildman–Crippen MR) is 60.7 cm³/mol. The summed E-state index contributed by atoms with van der Waals surface area (Å²) in [6, 6.07) is 2.75. The topological polar surface area (TPSA) is 72.3 Å². The third-order valence-corrected chi connectivity index (χ3v) is 2.80.